The number of anilines is 2. The number of nitriles is 1. The Balaban J connectivity index is 1.30. The molecule has 1 atom stereocenters. The molecule has 6 heteroatoms. The molecule has 2 aromatic rings. The first-order chi connectivity index (χ1) is 13.3. The maximum atomic E-state index is 9.09. The first kappa shape index (κ1) is 17.7. The molecule has 6 nitrogen and oxygen atoms in total. The molecule has 0 saturated carbocycles. The van der Waals surface area contributed by atoms with Crippen LogP contribution in [-0.4, -0.2) is 60.7 Å². The molecular formula is C21H26N6. The molecule has 2 aliphatic heterocycles. The number of piperazine rings is 1. The van der Waals surface area contributed by atoms with Crippen LogP contribution in [0.25, 0.3) is 0 Å². The number of rotatable bonds is 4. The molecule has 2 aliphatic rings. The predicted octanol–water partition coefficient (Wildman–Crippen LogP) is 2.39. The fourth-order valence-corrected chi connectivity index (χ4v) is 4.19. The zero-order chi connectivity index (χ0) is 18.5. The average Bonchev–Trinajstić information content (AvgIpc) is 2.75. The van der Waals surface area contributed by atoms with Crippen LogP contribution in [-0.2, 0) is 0 Å². The van der Waals surface area contributed by atoms with E-state index in [-0.39, 0.29) is 0 Å². The maximum Gasteiger partial charge on any atom is 0.142 e. The van der Waals surface area contributed by atoms with Gasteiger partial charge in [-0.1, -0.05) is 6.07 Å². The van der Waals surface area contributed by atoms with E-state index < -0.39 is 0 Å². The summed E-state index contributed by atoms with van der Waals surface area (Å²) in [4.78, 5) is 16.0. The first-order valence-electron chi connectivity index (χ1n) is 9.81. The van der Waals surface area contributed by atoms with Crippen molar-refractivity contribution in [3.63, 3.8) is 0 Å². The molecule has 0 bridgehead atoms. The normalized spacial score (nSPS) is 21.1. The number of hydrogen-bond acceptors (Lipinski definition) is 6. The van der Waals surface area contributed by atoms with Gasteiger partial charge < -0.3 is 9.80 Å². The first-order valence-corrected chi connectivity index (χ1v) is 9.81. The number of nitrogens with zero attached hydrogens (tertiary/aromatic N) is 6. The molecule has 2 saturated heterocycles. The highest BCUT2D eigenvalue weighted by Crippen LogP contribution is 2.24. The van der Waals surface area contributed by atoms with Crippen molar-refractivity contribution in [2.24, 2.45) is 5.92 Å². The Morgan fingerprint density at radius 2 is 1.89 bits per heavy atom. The van der Waals surface area contributed by atoms with Gasteiger partial charge in [0.05, 0.1) is 0 Å². The van der Waals surface area contributed by atoms with Crippen LogP contribution in [0.3, 0.4) is 0 Å². The van der Waals surface area contributed by atoms with Gasteiger partial charge in [-0.05, 0) is 43.0 Å². The van der Waals surface area contributed by atoms with Gasteiger partial charge in [-0.3, -0.25) is 4.90 Å². The zero-order valence-electron chi connectivity index (χ0n) is 15.7. The molecule has 2 aromatic heterocycles. The topological polar surface area (TPSA) is 59.3 Å². The van der Waals surface area contributed by atoms with Crippen LogP contribution in [0.5, 0.6) is 0 Å². The summed E-state index contributed by atoms with van der Waals surface area (Å²) in [6.07, 6.45) is 6.11. The molecule has 27 heavy (non-hydrogen) atoms. The third-order valence-electron chi connectivity index (χ3n) is 5.60. The molecule has 0 radical (unpaired) electrons. The average molecular weight is 362 g/mol. The van der Waals surface area contributed by atoms with Crippen molar-refractivity contribution in [3.8, 4) is 6.07 Å². The van der Waals surface area contributed by atoms with Crippen LogP contribution >= 0.6 is 0 Å². The number of piperidine rings is 1. The molecule has 1 unspecified atom stereocenters. The van der Waals surface area contributed by atoms with Crippen molar-refractivity contribution < 1.29 is 0 Å². The summed E-state index contributed by atoms with van der Waals surface area (Å²) in [6.45, 7) is 7.57. The van der Waals surface area contributed by atoms with E-state index in [4.69, 9.17) is 5.26 Å². The Morgan fingerprint density at radius 3 is 2.67 bits per heavy atom. The van der Waals surface area contributed by atoms with Crippen LogP contribution in [0.1, 0.15) is 18.5 Å². The quantitative estimate of drug-likeness (QED) is 0.832. The Labute approximate surface area is 161 Å². The summed E-state index contributed by atoms with van der Waals surface area (Å²) in [6, 6.07) is 12.2. The largest absolute Gasteiger partial charge is 0.371 e. The van der Waals surface area contributed by atoms with Crippen molar-refractivity contribution in [2.75, 3.05) is 55.6 Å². The second kappa shape index (κ2) is 8.36. The van der Waals surface area contributed by atoms with E-state index in [1.807, 2.05) is 24.4 Å². The van der Waals surface area contributed by atoms with E-state index in [0.29, 0.717) is 11.6 Å². The standard InChI is InChI=1S/C21H26N6/c22-15-19-14-20(6-8-23-19)27-9-3-4-18(17-27)16-25-10-12-26(13-11-25)21-5-1-2-7-24-21/h1-2,5-8,14,18H,3-4,9-13,16-17H2. The smallest absolute Gasteiger partial charge is 0.142 e. The molecular weight excluding hydrogens is 336 g/mol. The molecule has 0 amide bonds. The van der Waals surface area contributed by atoms with Crippen molar-refractivity contribution in [2.45, 2.75) is 12.8 Å². The van der Waals surface area contributed by atoms with Crippen LogP contribution < -0.4 is 9.80 Å². The van der Waals surface area contributed by atoms with E-state index in [1.165, 1.54) is 12.8 Å². The van der Waals surface area contributed by atoms with Gasteiger partial charge in [0.2, 0.25) is 0 Å². The lowest BCUT2D eigenvalue weighted by molar-refractivity contribution is 0.205. The Bertz CT molecular complexity index is 779. The van der Waals surface area contributed by atoms with E-state index in [1.54, 1.807) is 6.20 Å². The Kier molecular flexibility index (Phi) is 5.50. The zero-order valence-corrected chi connectivity index (χ0v) is 15.7. The molecule has 4 heterocycles. The van der Waals surface area contributed by atoms with Crippen LogP contribution in [0, 0.1) is 17.2 Å². The van der Waals surface area contributed by atoms with Crippen LogP contribution in [0.2, 0.25) is 0 Å². The minimum Gasteiger partial charge on any atom is -0.371 e. The Hall–Kier alpha value is -2.65. The second-order valence-electron chi connectivity index (χ2n) is 7.44. The second-order valence-corrected chi connectivity index (χ2v) is 7.44. The predicted molar refractivity (Wildman–Crippen MR) is 107 cm³/mol. The number of aromatic nitrogens is 2. The van der Waals surface area contributed by atoms with E-state index >= 15 is 0 Å². The monoisotopic (exact) mass is 362 g/mol. The van der Waals surface area contributed by atoms with E-state index in [2.05, 4.69) is 42.9 Å². The van der Waals surface area contributed by atoms with Gasteiger partial charge in [0.15, 0.2) is 0 Å². The highest BCUT2D eigenvalue weighted by molar-refractivity contribution is 5.49. The molecule has 2 fully saturated rings. The molecule has 0 aliphatic carbocycles. The molecule has 4 rings (SSSR count). The summed E-state index contributed by atoms with van der Waals surface area (Å²) >= 11 is 0. The lowest BCUT2D eigenvalue weighted by Gasteiger charge is -2.40. The summed E-state index contributed by atoms with van der Waals surface area (Å²) in [5, 5.41) is 9.09. The van der Waals surface area contributed by atoms with Gasteiger partial charge in [0, 0.05) is 63.9 Å². The lowest BCUT2D eigenvalue weighted by Crippen LogP contribution is -2.49. The fraction of sp³-hybridized carbons (Fsp3) is 0.476. The maximum absolute atomic E-state index is 9.09. The van der Waals surface area contributed by atoms with Gasteiger partial charge in [-0.25, -0.2) is 9.97 Å². The van der Waals surface area contributed by atoms with E-state index in [9.17, 15) is 0 Å². The minimum absolute atomic E-state index is 0.500. The minimum atomic E-state index is 0.500. The summed E-state index contributed by atoms with van der Waals surface area (Å²) in [5.41, 5.74) is 1.63. The lowest BCUT2D eigenvalue weighted by atomic mass is 9.96. The third kappa shape index (κ3) is 4.37. The summed E-state index contributed by atoms with van der Waals surface area (Å²) in [7, 11) is 0. The van der Waals surface area contributed by atoms with Crippen molar-refractivity contribution in [3.05, 3.63) is 48.4 Å². The van der Waals surface area contributed by atoms with Crippen molar-refractivity contribution >= 4 is 11.5 Å². The highest BCUT2D eigenvalue weighted by Gasteiger charge is 2.25. The summed E-state index contributed by atoms with van der Waals surface area (Å²) < 4.78 is 0. The van der Waals surface area contributed by atoms with Gasteiger partial charge in [0.25, 0.3) is 0 Å². The fourth-order valence-electron chi connectivity index (χ4n) is 4.19. The van der Waals surface area contributed by atoms with Crippen LogP contribution in [0.4, 0.5) is 11.5 Å². The van der Waals surface area contributed by atoms with Gasteiger partial charge in [-0.15, -0.1) is 0 Å². The van der Waals surface area contributed by atoms with Crippen molar-refractivity contribution in [1.29, 1.82) is 5.26 Å². The highest BCUT2D eigenvalue weighted by atomic mass is 15.3. The van der Waals surface area contributed by atoms with Gasteiger partial charge in [-0.2, -0.15) is 5.26 Å². The Morgan fingerprint density at radius 1 is 1.00 bits per heavy atom. The van der Waals surface area contributed by atoms with Gasteiger partial charge in [0.1, 0.15) is 17.6 Å². The number of hydrogen-bond donors (Lipinski definition) is 0. The van der Waals surface area contributed by atoms with E-state index in [0.717, 1.165) is 57.3 Å². The van der Waals surface area contributed by atoms with Gasteiger partial charge >= 0.3 is 0 Å². The number of pyridine rings is 2. The SMILES string of the molecule is N#Cc1cc(N2CCCC(CN3CCN(c4ccccn4)CC3)C2)ccn1. The molecule has 140 valence electrons. The molecule has 0 spiro atoms. The van der Waals surface area contributed by atoms with Crippen LogP contribution in [0.15, 0.2) is 42.7 Å². The third-order valence-corrected chi connectivity index (χ3v) is 5.60. The summed E-state index contributed by atoms with van der Waals surface area (Å²) in [5.74, 6) is 1.77. The molecule has 0 N–H and O–H groups in total. The van der Waals surface area contributed by atoms with Crippen molar-refractivity contribution in [1.82, 2.24) is 14.9 Å². The molecule has 0 aromatic carbocycles.